The highest BCUT2D eigenvalue weighted by Gasteiger charge is 2.40. The lowest BCUT2D eigenvalue weighted by Crippen LogP contribution is -2.51. The molecule has 200 valence electrons. The number of methoxy groups -OCH3 is 2. The Kier molecular flexibility index (Phi) is 7.73. The van der Waals surface area contributed by atoms with Gasteiger partial charge in [0.25, 0.3) is 0 Å². The van der Waals surface area contributed by atoms with E-state index in [0.29, 0.717) is 11.4 Å². The summed E-state index contributed by atoms with van der Waals surface area (Å²) in [6.07, 6.45) is 0. The molecule has 7 heteroatoms. The Balaban J connectivity index is 1.71. The van der Waals surface area contributed by atoms with Gasteiger partial charge in [-0.1, -0.05) is 70.5 Å². The minimum Gasteiger partial charge on any atom is -0.497 e. The second-order valence-electron chi connectivity index (χ2n) is 9.65. The van der Waals surface area contributed by atoms with Crippen molar-refractivity contribution in [3.05, 3.63) is 130 Å². The van der Waals surface area contributed by atoms with Crippen molar-refractivity contribution in [2.24, 2.45) is 4.99 Å². The molecule has 0 amide bonds. The maximum Gasteiger partial charge on any atom is 0.129 e. The molecule has 0 aromatic heterocycles. The van der Waals surface area contributed by atoms with Crippen LogP contribution in [0.15, 0.2) is 107 Å². The molecule has 5 nitrogen and oxygen atoms in total. The van der Waals surface area contributed by atoms with Gasteiger partial charge >= 0.3 is 0 Å². The second kappa shape index (κ2) is 11.2. The number of rotatable bonds is 7. The van der Waals surface area contributed by atoms with Gasteiger partial charge in [0, 0.05) is 10.0 Å². The molecule has 0 saturated carbocycles. The summed E-state index contributed by atoms with van der Waals surface area (Å²) in [6.45, 7) is 2.41. The van der Waals surface area contributed by atoms with E-state index in [2.05, 4.69) is 33.4 Å². The fourth-order valence-electron chi connectivity index (χ4n) is 5.12. The van der Waals surface area contributed by atoms with E-state index < -0.39 is 11.1 Å². The number of halogens is 2. The molecule has 1 aliphatic heterocycles. The van der Waals surface area contributed by atoms with Crippen LogP contribution in [0, 0.1) is 5.82 Å². The van der Waals surface area contributed by atoms with E-state index in [4.69, 9.17) is 19.2 Å². The first kappa shape index (κ1) is 26.9. The molecular formula is C32H30BrFN2O3. The van der Waals surface area contributed by atoms with Crippen molar-refractivity contribution >= 4 is 21.8 Å². The Morgan fingerprint density at radius 2 is 1.41 bits per heavy atom. The Morgan fingerprint density at radius 1 is 0.846 bits per heavy atom. The zero-order valence-corrected chi connectivity index (χ0v) is 23.7. The van der Waals surface area contributed by atoms with Crippen molar-refractivity contribution in [1.82, 2.24) is 5.32 Å². The molecule has 5 rings (SSSR count). The van der Waals surface area contributed by atoms with Crippen LogP contribution in [0.4, 0.5) is 4.39 Å². The first-order valence-corrected chi connectivity index (χ1v) is 13.4. The maximum absolute atomic E-state index is 15.0. The molecule has 1 unspecified atom stereocenters. The lowest BCUT2D eigenvalue weighted by atomic mass is 9.76. The van der Waals surface area contributed by atoms with E-state index in [9.17, 15) is 0 Å². The van der Waals surface area contributed by atoms with Crippen LogP contribution in [0.2, 0.25) is 0 Å². The van der Waals surface area contributed by atoms with Gasteiger partial charge in [0.1, 0.15) is 40.8 Å². The summed E-state index contributed by atoms with van der Waals surface area (Å²) in [5.74, 6) is 1.80. The van der Waals surface area contributed by atoms with Gasteiger partial charge in [-0.3, -0.25) is 4.99 Å². The maximum atomic E-state index is 15.0. The minimum atomic E-state index is -0.920. The van der Waals surface area contributed by atoms with Gasteiger partial charge in [0.15, 0.2) is 0 Å². The first-order chi connectivity index (χ1) is 18.9. The number of nitrogens with one attached hydrogen (secondary N) is 1. The highest BCUT2D eigenvalue weighted by Crippen LogP contribution is 2.39. The van der Waals surface area contributed by atoms with Crippen molar-refractivity contribution in [3.63, 3.8) is 0 Å². The molecule has 0 radical (unpaired) electrons. The highest BCUT2D eigenvalue weighted by molar-refractivity contribution is 9.10. The van der Waals surface area contributed by atoms with E-state index in [1.165, 1.54) is 6.07 Å². The number of hydrogen-bond donors (Lipinski definition) is 1. The van der Waals surface area contributed by atoms with E-state index in [-0.39, 0.29) is 19.0 Å². The molecule has 1 heterocycles. The third-order valence-electron chi connectivity index (χ3n) is 7.10. The zero-order chi connectivity index (χ0) is 27.5. The molecule has 0 bridgehead atoms. The fraction of sp³-hybridized carbons (Fsp3) is 0.219. The van der Waals surface area contributed by atoms with Crippen molar-refractivity contribution in [2.45, 2.75) is 18.0 Å². The molecule has 4 aromatic carbocycles. The Labute approximate surface area is 236 Å². The zero-order valence-electron chi connectivity index (χ0n) is 22.1. The molecule has 1 atom stereocenters. The van der Waals surface area contributed by atoms with Crippen molar-refractivity contribution in [1.29, 1.82) is 0 Å². The molecule has 1 N–H and O–H groups in total. The molecule has 4 aromatic rings. The average Bonchev–Trinajstić information content (AvgIpc) is 2.98. The Hall–Kier alpha value is -3.68. The molecule has 0 saturated heterocycles. The lowest BCUT2D eigenvalue weighted by molar-refractivity contribution is 0.101. The van der Waals surface area contributed by atoms with Gasteiger partial charge in [0.05, 0.1) is 20.8 Å². The summed E-state index contributed by atoms with van der Waals surface area (Å²) in [5.41, 5.74) is 1.65. The Bertz CT molecular complexity index is 1410. The summed E-state index contributed by atoms with van der Waals surface area (Å²) in [6, 6.07) is 31.0. The van der Waals surface area contributed by atoms with Gasteiger partial charge in [0.2, 0.25) is 0 Å². The number of benzene rings is 4. The summed E-state index contributed by atoms with van der Waals surface area (Å²) >= 11 is 3.47. The van der Waals surface area contributed by atoms with Crippen LogP contribution in [-0.4, -0.2) is 33.3 Å². The smallest absolute Gasteiger partial charge is 0.129 e. The molecular weight excluding hydrogens is 559 g/mol. The second-order valence-corrected chi connectivity index (χ2v) is 10.6. The van der Waals surface area contributed by atoms with E-state index in [0.717, 1.165) is 32.7 Å². The predicted octanol–water partition coefficient (Wildman–Crippen LogP) is 6.83. The summed E-state index contributed by atoms with van der Waals surface area (Å²) in [7, 11) is 3.30. The first-order valence-electron chi connectivity index (χ1n) is 12.6. The van der Waals surface area contributed by atoms with Gasteiger partial charge in [-0.05, 0) is 66.1 Å². The summed E-state index contributed by atoms with van der Waals surface area (Å²) in [5, 5.41) is 3.76. The van der Waals surface area contributed by atoms with Gasteiger partial charge in [-0.2, -0.15) is 0 Å². The highest BCUT2D eigenvalue weighted by atomic mass is 79.9. The number of hydrogen-bond acceptors (Lipinski definition) is 5. The van der Waals surface area contributed by atoms with Crippen LogP contribution >= 0.6 is 15.9 Å². The number of aliphatic imine (C=N–C) groups is 1. The number of ether oxygens (including phenoxy) is 3. The largest absolute Gasteiger partial charge is 0.497 e. The third-order valence-corrected chi connectivity index (χ3v) is 7.59. The van der Waals surface area contributed by atoms with Gasteiger partial charge in [-0.15, -0.1) is 0 Å². The van der Waals surface area contributed by atoms with Crippen molar-refractivity contribution < 1.29 is 18.6 Å². The standard InChI is InChI=1S/C32H30BrFN2O3/c1-31(28-19-25(33)13-18-29(28)34)21-39-20-30(35-31)36-32(22-7-5-4-6-8-22,23-9-14-26(37-2)15-10-23)24-11-16-27(38-3)17-12-24/h4-19H,20-21H2,1-3H3,(H,35,36). The van der Waals surface area contributed by atoms with Crippen LogP contribution in [0.1, 0.15) is 29.2 Å². The van der Waals surface area contributed by atoms with Crippen LogP contribution in [0.5, 0.6) is 11.5 Å². The molecule has 1 aliphatic rings. The summed E-state index contributed by atoms with van der Waals surface area (Å²) < 4.78 is 32.8. The van der Waals surface area contributed by atoms with Crippen molar-refractivity contribution in [3.8, 4) is 11.5 Å². The fourth-order valence-corrected chi connectivity index (χ4v) is 5.49. The average molecular weight is 590 g/mol. The minimum absolute atomic E-state index is 0.256. The molecule has 39 heavy (non-hydrogen) atoms. The molecule has 0 spiro atoms. The normalized spacial score (nSPS) is 17.3. The topological polar surface area (TPSA) is 52.1 Å². The molecule has 0 fully saturated rings. The molecule has 0 aliphatic carbocycles. The Morgan fingerprint density at radius 3 is 1.97 bits per heavy atom. The van der Waals surface area contributed by atoms with E-state index >= 15 is 4.39 Å². The van der Waals surface area contributed by atoms with Crippen LogP contribution in [0.25, 0.3) is 0 Å². The van der Waals surface area contributed by atoms with Crippen LogP contribution < -0.4 is 14.8 Å². The van der Waals surface area contributed by atoms with Crippen LogP contribution in [-0.2, 0) is 15.8 Å². The van der Waals surface area contributed by atoms with E-state index in [1.54, 1.807) is 26.4 Å². The third kappa shape index (κ3) is 5.29. The van der Waals surface area contributed by atoms with Gasteiger partial charge in [-0.25, -0.2) is 4.39 Å². The SMILES string of the molecule is COc1ccc(C(NC2=NC(C)(c3cc(Br)ccc3F)COC2)(c2ccccc2)c2ccc(OC)cc2)cc1. The van der Waals surface area contributed by atoms with Crippen molar-refractivity contribution in [2.75, 3.05) is 27.4 Å². The summed E-state index contributed by atoms with van der Waals surface area (Å²) in [4.78, 5) is 5.09. The quantitative estimate of drug-likeness (QED) is 0.240. The predicted molar refractivity (Wildman–Crippen MR) is 155 cm³/mol. The monoisotopic (exact) mass is 588 g/mol. The van der Waals surface area contributed by atoms with Gasteiger partial charge < -0.3 is 19.5 Å². The van der Waals surface area contributed by atoms with Crippen LogP contribution in [0.3, 0.4) is 0 Å². The lowest BCUT2D eigenvalue weighted by Gasteiger charge is -2.40. The van der Waals surface area contributed by atoms with E-state index in [1.807, 2.05) is 73.7 Å². The number of nitrogens with zero attached hydrogens (tertiary/aromatic N) is 1. The number of amidine groups is 1.